The molecule has 3 N–H and O–H groups in total. The number of nitrogens with two attached hydrogens (primary N) is 1. The normalized spacial score (nSPS) is 11.9. The van der Waals surface area contributed by atoms with Crippen LogP contribution in [0.4, 0.5) is 13.2 Å². The minimum Gasteiger partial charge on any atom is -0.477 e. The summed E-state index contributed by atoms with van der Waals surface area (Å²) in [5.41, 5.74) is 5.83. The molecular formula is C17H13BrF3N3O4. The van der Waals surface area contributed by atoms with Crippen molar-refractivity contribution in [2.75, 3.05) is 6.54 Å². The zero-order valence-electron chi connectivity index (χ0n) is 14.1. The summed E-state index contributed by atoms with van der Waals surface area (Å²) in [5.74, 6) is -3.81. The van der Waals surface area contributed by atoms with Crippen LogP contribution in [0.3, 0.4) is 0 Å². The van der Waals surface area contributed by atoms with Gasteiger partial charge in [-0.2, -0.15) is 18.3 Å². The van der Waals surface area contributed by atoms with Crippen LogP contribution in [0.2, 0.25) is 0 Å². The Kier molecular flexibility index (Phi) is 5.31. The lowest BCUT2D eigenvalue weighted by molar-refractivity contribution is -0.189. The minimum atomic E-state index is -5.13. The molecule has 0 fully saturated rings. The maximum Gasteiger partial charge on any atom is 0.491 e. The first-order valence-electron chi connectivity index (χ1n) is 7.98. The minimum absolute atomic E-state index is 0.00551. The number of ether oxygens (including phenoxy) is 1. The molecule has 1 aromatic heterocycles. The van der Waals surface area contributed by atoms with Crippen LogP contribution in [0, 0.1) is 0 Å². The summed E-state index contributed by atoms with van der Waals surface area (Å²) >= 11 is 3.08. The fourth-order valence-electron chi connectivity index (χ4n) is 2.78. The predicted octanol–water partition coefficient (Wildman–Crippen LogP) is 3.47. The number of fused-ring (bicyclic) bond motifs is 3. The van der Waals surface area contributed by atoms with Gasteiger partial charge in [-0.15, -0.1) is 0 Å². The number of esters is 1. The highest BCUT2D eigenvalue weighted by Gasteiger charge is 2.41. The maximum atomic E-state index is 12.4. The van der Waals surface area contributed by atoms with E-state index in [1.54, 1.807) is 0 Å². The summed E-state index contributed by atoms with van der Waals surface area (Å²) < 4.78 is 43.2. The Balaban J connectivity index is 2.16. The van der Waals surface area contributed by atoms with Crippen molar-refractivity contribution in [3.63, 3.8) is 0 Å². The van der Waals surface area contributed by atoms with Crippen molar-refractivity contribution in [2.24, 2.45) is 5.73 Å². The number of benzene rings is 2. The zero-order chi connectivity index (χ0) is 20.6. The number of carbonyl (C=O) groups excluding carboxylic acids is 1. The number of carboxylic acids is 1. The molecule has 0 aliphatic heterocycles. The van der Waals surface area contributed by atoms with Crippen molar-refractivity contribution in [3.8, 4) is 5.75 Å². The van der Waals surface area contributed by atoms with Gasteiger partial charge in [-0.1, -0.05) is 6.07 Å². The van der Waals surface area contributed by atoms with Gasteiger partial charge in [0.1, 0.15) is 11.3 Å². The van der Waals surface area contributed by atoms with Crippen molar-refractivity contribution in [3.05, 3.63) is 34.4 Å². The summed E-state index contributed by atoms with van der Waals surface area (Å²) in [4.78, 5) is 22.8. The molecule has 0 saturated carbocycles. The number of alkyl halides is 3. The van der Waals surface area contributed by atoms with Crippen molar-refractivity contribution < 1.29 is 32.6 Å². The van der Waals surface area contributed by atoms with Gasteiger partial charge >= 0.3 is 18.1 Å². The molecule has 0 unspecified atom stereocenters. The third kappa shape index (κ3) is 3.67. The van der Waals surface area contributed by atoms with Gasteiger partial charge in [-0.05, 0) is 52.5 Å². The maximum absolute atomic E-state index is 12.4. The molecule has 3 rings (SSSR count). The molecule has 148 valence electrons. The third-order valence-electron chi connectivity index (χ3n) is 3.99. The van der Waals surface area contributed by atoms with E-state index in [1.807, 2.05) is 0 Å². The van der Waals surface area contributed by atoms with Gasteiger partial charge in [0.25, 0.3) is 0 Å². The van der Waals surface area contributed by atoms with Crippen molar-refractivity contribution in [1.29, 1.82) is 0 Å². The molecular weight excluding hydrogens is 447 g/mol. The van der Waals surface area contributed by atoms with E-state index in [1.165, 1.54) is 28.9 Å². The molecule has 28 heavy (non-hydrogen) atoms. The molecule has 0 aliphatic rings. The number of carboxylic acid groups (broad SMARTS) is 1. The second-order valence-electron chi connectivity index (χ2n) is 5.87. The molecule has 0 bridgehead atoms. The second-order valence-corrected chi connectivity index (χ2v) is 6.73. The van der Waals surface area contributed by atoms with Gasteiger partial charge < -0.3 is 15.6 Å². The predicted molar refractivity (Wildman–Crippen MR) is 97.3 cm³/mol. The Morgan fingerprint density at radius 3 is 2.57 bits per heavy atom. The fourth-order valence-corrected chi connectivity index (χ4v) is 3.21. The van der Waals surface area contributed by atoms with E-state index < -0.39 is 18.1 Å². The van der Waals surface area contributed by atoms with Crippen LogP contribution >= 0.6 is 15.9 Å². The number of carbonyl (C=O) groups is 2. The van der Waals surface area contributed by atoms with Gasteiger partial charge in [0.05, 0.1) is 4.47 Å². The standard InChI is InChI=1S/C17H13BrF3N3O4/c18-11-7-10-8(6-12(11)28-16(27)17(19,20)21)2-3-9-13(10)23-24(5-1-4-22)14(9)15(25)26/h2-3,6-7H,1,4-5,22H2,(H,25,26). The van der Waals surface area contributed by atoms with E-state index in [4.69, 9.17) is 5.73 Å². The summed E-state index contributed by atoms with van der Waals surface area (Å²) in [6.45, 7) is 0.659. The van der Waals surface area contributed by atoms with Crippen LogP contribution in [0.15, 0.2) is 28.7 Å². The molecule has 11 heteroatoms. The second kappa shape index (κ2) is 7.40. The summed E-state index contributed by atoms with van der Waals surface area (Å²) in [5, 5.41) is 15.2. The highest BCUT2D eigenvalue weighted by Crippen LogP contribution is 2.36. The van der Waals surface area contributed by atoms with Crippen molar-refractivity contribution in [2.45, 2.75) is 19.1 Å². The number of hydrogen-bond acceptors (Lipinski definition) is 5. The number of nitrogens with zero attached hydrogens (tertiary/aromatic N) is 2. The van der Waals surface area contributed by atoms with Gasteiger partial charge in [0.15, 0.2) is 5.69 Å². The molecule has 7 nitrogen and oxygen atoms in total. The van der Waals surface area contributed by atoms with Crippen molar-refractivity contribution >= 4 is 49.5 Å². The Morgan fingerprint density at radius 1 is 1.25 bits per heavy atom. The van der Waals surface area contributed by atoms with Gasteiger partial charge in [-0.3, -0.25) is 4.68 Å². The first-order valence-corrected chi connectivity index (χ1v) is 8.78. The van der Waals surface area contributed by atoms with E-state index in [2.05, 4.69) is 25.8 Å². The number of aryl methyl sites for hydroxylation is 1. The smallest absolute Gasteiger partial charge is 0.477 e. The van der Waals surface area contributed by atoms with Gasteiger partial charge in [-0.25, -0.2) is 9.59 Å². The van der Waals surface area contributed by atoms with E-state index in [0.29, 0.717) is 41.2 Å². The number of aromatic carboxylic acids is 1. The topological polar surface area (TPSA) is 107 Å². The molecule has 1 heterocycles. The summed E-state index contributed by atoms with van der Waals surface area (Å²) in [6.07, 6.45) is -4.61. The van der Waals surface area contributed by atoms with Crippen LogP contribution in [0.25, 0.3) is 21.7 Å². The first-order chi connectivity index (χ1) is 13.1. The molecule has 2 aromatic carbocycles. The highest BCUT2D eigenvalue weighted by molar-refractivity contribution is 9.10. The molecule has 0 spiro atoms. The highest BCUT2D eigenvalue weighted by atomic mass is 79.9. The van der Waals surface area contributed by atoms with E-state index in [9.17, 15) is 27.9 Å². The molecule has 0 atom stereocenters. The van der Waals surface area contributed by atoms with Crippen LogP contribution in [0.5, 0.6) is 5.75 Å². The molecule has 3 aromatic rings. The monoisotopic (exact) mass is 459 g/mol. The van der Waals surface area contributed by atoms with E-state index in [-0.39, 0.29) is 15.9 Å². The number of hydrogen-bond donors (Lipinski definition) is 2. The summed E-state index contributed by atoms with van der Waals surface area (Å²) in [6, 6.07) is 5.72. The van der Waals surface area contributed by atoms with Gasteiger partial charge in [0, 0.05) is 17.3 Å². The average Bonchev–Trinajstić information content (AvgIpc) is 2.98. The fraction of sp³-hybridized carbons (Fsp3) is 0.235. The van der Waals surface area contributed by atoms with E-state index in [0.717, 1.165) is 0 Å². The number of aromatic nitrogens is 2. The molecule has 0 amide bonds. The van der Waals surface area contributed by atoms with Crippen LogP contribution in [-0.4, -0.2) is 39.5 Å². The lowest BCUT2D eigenvalue weighted by Crippen LogP contribution is -2.28. The zero-order valence-corrected chi connectivity index (χ0v) is 15.7. The number of rotatable bonds is 5. The molecule has 0 saturated heterocycles. The third-order valence-corrected chi connectivity index (χ3v) is 4.61. The first kappa shape index (κ1) is 20.1. The van der Waals surface area contributed by atoms with Crippen molar-refractivity contribution in [1.82, 2.24) is 9.78 Å². The lowest BCUT2D eigenvalue weighted by atomic mass is 10.1. The lowest BCUT2D eigenvalue weighted by Gasteiger charge is -2.10. The summed E-state index contributed by atoms with van der Waals surface area (Å²) in [7, 11) is 0. The van der Waals surface area contributed by atoms with Crippen LogP contribution < -0.4 is 10.5 Å². The number of halogens is 4. The van der Waals surface area contributed by atoms with Crippen LogP contribution in [-0.2, 0) is 11.3 Å². The molecule has 0 aliphatic carbocycles. The van der Waals surface area contributed by atoms with Gasteiger partial charge in [0.2, 0.25) is 0 Å². The van der Waals surface area contributed by atoms with E-state index >= 15 is 0 Å². The average molecular weight is 460 g/mol. The Morgan fingerprint density at radius 2 is 1.96 bits per heavy atom. The Bertz CT molecular complexity index is 1090. The molecule has 0 radical (unpaired) electrons. The largest absolute Gasteiger partial charge is 0.491 e. The Labute approximate surface area is 164 Å². The quantitative estimate of drug-likeness (QED) is 0.446. The Hall–Kier alpha value is -2.66. The van der Waals surface area contributed by atoms with Crippen LogP contribution in [0.1, 0.15) is 16.9 Å². The SMILES string of the molecule is NCCCn1nc2c(ccc3cc(OC(=O)C(F)(F)F)c(Br)cc32)c1C(=O)O.